The van der Waals surface area contributed by atoms with Gasteiger partial charge in [-0.05, 0) is 37.1 Å². The zero-order valence-corrected chi connectivity index (χ0v) is 11.2. The van der Waals surface area contributed by atoms with Gasteiger partial charge in [0.15, 0.2) is 0 Å². The van der Waals surface area contributed by atoms with Crippen LogP contribution in [0.1, 0.15) is 13.3 Å². The molecule has 0 aliphatic heterocycles. The van der Waals surface area contributed by atoms with Crippen LogP contribution in [0.4, 0.5) is 5.69 Å². The molecule has 0 amide bonds. The van der Waals surface area contributed by atoms with Crippen LogP contribution < -0.4 is 10.6 Å². The second-order valence-corrected chi connectivity index (χ2v) is 4.96. The average molecular weight is 261 g/mol. The maximum atomic E-state index is 5.97. The summed E-state index contributed by atoms with van der Waals surface area (Å²) in [6.45, 7) is 3.86. The molecule has 1 aromatic carbocycles. The van der Waals surface area contributed by atoms with Crippen molar-refractivity contribution in [2.45, 2.75) is 13.3 Å². The standard InChI is InChI=1S/C12H18Cl2N2/c1-9(8-15)5-6-16(2)10-3-4-11(13)12(14)7-10/h3-4,7,9H,5-6,8,15H2,1-2H3. The van der Waals surface area contributed by atoms with Crippen LogP contribution in [-0.2, 0) is 0 Å². The zero-order chi connectivity index (χ0) is 12.1. The molecule has 2 nitrogen and oxygen atoms in total. The Morgan fingerprint density at radius 1 is 1.31 bits per heavy atom. The van der Waals surface area contributed by atoms with Crippen molar-refractivity contribution in [3.05, 3.63) is 28.2 Å². The van der Waals surface area contributed by atoms with E-state index >= 15 is 0 Å². The van der Waals surface area contributed by atoms with Crippen molar-refractivity contribution in [3.8, 4) is 0 Å². The molecule has 1 aromatic rings. The Bertz CT molecular complexity index is 342. The minimum Gasteiger partial charge on any atom is -0.375 e. The fraction of sp³-hybridized carbons (Fsp3) is 0.500. The first-order valence-corrected chi connectivity index (χ1v) is 6.16. The maximum absolute atomic E-state index is 5.97. The van der Waals surface area contributed by atoms with Gasteiger partial charge in [-0.3, -0.25) is 0 Å². The van der Waals surface area contributed by atoms with Gasteiger partial charge < -0.3 is 10.6 Å². The smallest absolute Gasteiger partial charge is 0.0612 e. The van der Waals surface area contributed by atoms with Crippen LogP contribution in [0.2, 0.25) is 10.0 Å². The molecule has 0 radical (unpaired) electrons. The predicted molar refractivity (Wildman–Crippen MR) is 72.6 cm³/mol. The minimum absolute atomic E-state index is 0.547. The summed E-state index contributed by atoms with van der Waals surface area (Å²) < 4.78 is 0. The SMILES string of the molecule is CC(CN)CCN(C)c1ccc(Cl)c(Cl)c1. The molecule has 16 heavy (non-hydrogen) atoms. The summed E-state index contributed by atoms with van der Waals surface area (Å²) in [5.41, 5.74) is 6.67. The van der Waals surface area contributed by atoms with Gasteiger partial charge in [0, 0.05) is 19.3 Å². The van der Waals surface area contributed by atoms with Gasteiger partial charge in [-0.15, -0.1) is 0 Å². The van der Waals surface area contributed by atoms with E-state index in [1.54, 1.807) is 0 Å². The number of hydrogen-bond acceptors (Lipinski definition) is 2. The molecule has 1 unspecified atom stereocenters. The highest BCUT2D eigenvalue weighted by atomic mass is 35.5. The molecule has 0 aliphatic rings. The molecule has 0 saturated carbocycles. The van der Waals surface area contributed by atoms with Crippen LogP contribution in [0.3, 0.4) is 0 Å². The molecule has 0 bridgehead atoms. The fourth-order valence-corrected chi connectivity index (χ4v) is 1.68. The van der Waals surface area contributed by atoms with Gasteiger partial charge in [-0.2, -0.15) is 0 Å². The van der Waals surface area contributed by atoms with Crippen molar-refractivity contribution in [2.75, 3.05) is 25.0 Å². The van der Waals surface area contributed by atoms with E-state index in [4.69, 9.17) is 28.9 Å². The van der Waals surface area contributed by atoms with Crippen molar-refractivity contribution in [1.82, 2.24) is 0 Å². The van der Waals surface area contributed by atoms with Gasteiger partial charge in [-0.1, -0.05) is 30.1 Å². The first-order valence-electron chi connectivity index (χ1n) is 5.41. The second kappa shape index (κ2) is 6.33. The van der Waals surface area contributed by atoms with Crippen LogP contribution in [0.15, 0.2) is 18.2 Å². The summed E-state index contributed by atoms with van der Waals surface area (Å²) in [5.74, 6) is 0.547. The van der Waals surface area contributed by atoms with E-state index < -0.39 is 0 Å². The number of benzene rings is 1. The molecule has 0 aromatic heterocycles. The molecule has 0 spiro atoms. The Morgan fingerprint density at radius 3 is 2.56 bits per heavy atom. The Labute approximate surface area is 107 Å². The normalized spacial score (nSPS) is 12.6. The summed E-state index contributed by atoms with van der Waals surface area (Å²) in [4.78, 5) is 2.16. The molecule has 1 atom stereocenters. The van der Waals surface area contributed by atoms with Crippen LogP contribution in [-0.4, -0.2) is 20.1 Å². The fourth-order valence-electron chi connectivity index (χ4n) is 1.38. The predicted octanol–water partition coefficient (Wildman–Crippen LogP) is 3.41. The van der Waals surface area contributed by atoms with E-state index in [-0.39, 0.29) is 0 Å². The van der Waals surface area contributed by atoms with Crippen molar-refractivity contribution in [3.63, 3.8) is 0 Å². The number of nitrogens with zero attached hydrogens (tertiary/aromatic N) is 1. The third-order valence-electron chi connectivity index (χ3n) is 2.70. The van der Waals surface area contributed by atoms with Gasteiger partial charge in [0.25, 0.3) is 0 Å². The molecule has 1 rings (SSSR count). The van der Waals surface area contributed by atoms with Crippen LogP contribution in [0.5, 0.6) is 0 Å². The van der Waals surface area contributed by atoms with E-state index in [2.05, 4.69) is 11.8 Å². The first-order chi connectivity index (χ1) is 7.54. The lowest BCUT2D eigenvalue weighted by Gasteiger charge is -2.21. The van der Waals surface area contributed by atoms with Crippen LogP contribution in [0, 0.1) is 5.92 Å². The first kappa shape index (κ1) is 13.6. The molecule has 0 fully saturated rings. The van der Waals surface area contributed by atoms with Crippen molar-refractivity contribution in [2.24, 2.45) is 11.7 Å². The Morgan fingerprint density at radius 2 is 2.00 bits per heavy atom. The number of halogens is 2. The molecule has 0 heterocycles. The molecule has 90 valence electrons. The molecule has 4 heteroatoms. The van der Waals surface area contributed by atoms with E-state index in [1.807, 2.05) is 25.2 Å². The van der Waals surface area contributed by atoms with Crippen molar-refractivity contribution >= 4 is 28.9 Å². The largest absolute Gasteiger partial charge is 0.375 e. The van der Waals surface area contributed by atoms with Crippen molar-refractivity contribution in [1.29, 1.82) is 0 Å². The Balaban J connectivity index is 2.59. The Kier molecular flexibility index (Phi) is 5.39. The molecular weight excluding hydrogens is 243 g/mol. The molecular formula is C12H18Cl2N2. The lowest BCUT2D eigenvalue weighted by molar-refractivity contribution is 0.545. The molecule has 0 saturated heterocycles. The average Bonchev–Trinajstić information content (AvgIpc) is 2.29. The lowest BCUT2D eigenvalue weighted by atomic mass is 10.1. The third kappa shape index (κ3) is 3.85. The van der Waals surface area contributed by atoms with Gasteiger partial charge in [0.2, 0.25) is 0 Å². The summed E-state index contributed by atoms with van der Waals surface area (Å²) in [5, 5.41) is 1.19. The molecule has 2 N–H and O–H groups in total. The summed E-state index contributed by atoms with van der Waals surface area (Å²) in [6, 6.07) is 5.68. The number of hydrogen-bond donors (Lipinski definition) is 1. The van der Waals surface area contributed by atoms with E-state index in [0.717, 1.165) is 25.2 Å². The van der Waals surface area contributed by atoms with Crippen LogP contribution >= 0.6 is 23.2 Å². The number of rotatable bonds is 5. The van der Waals surface area contributed by atoms with Gasteiger partial charge in [-0.25, -0.2) is 0 Å². The monoisotopic (exact) mass is 260 g/mol. The van der Waals surface area contributed by atoms with E-state index in [1.165, 1.54) is 0 Å². The van der Waals surface area contributed by atoms with Crippen molar-refractivity contribution < 1.29 is 0 Å². The molecule has 0 aliphatic carbocycles. The summed E-state index contributed by atoms with van der Waals surface area (Å²) in [7, 11) is 2.04. The van der Waals surface area contributed by atoms with E-state index in [0.29, 0.717) is 16.0 Å². The summed E-state index contributed by atoms with van der Waals surface area (Å²) >= 11 is 11.8. The Hall–Kier alpha value is -0.440. The quantitative estimate of drug-likeness (QED) is 0.880. The topological polar surface area (TPSA) is 29.3 Å². The highest BCUT2D eigenvalue weighted by molar-refractivity contribution is 6.42. The highest BCUT2D eigenvalue weighted by Gasteiger charge is 2.06. The van der Waals surface area contributed by atoms with E-state index in [9.17, 15) is 0 Å². The number of anilines is 1. The summed E-state index contributed by atoms with van der Waals surface area (Å²) in [6.07, 6.45) is 1.08. The van der Waals surface area contributed by atoms with Gasteiger partial charge in [0.1, 0.15) is 0 Å². The van der Waals surface area contributed by atoms with Crippen LogP contribution in [0.25, 0.3) is 0 Å². The highest BCUT2D eigenvalue weighted by Crippen LogP contribution is 2.26. The third-order valence-corrected chi connectivity index (χ3v) is 3.44. The number of nitrogens with two attached hydrogens (primary N) is 1. The minimum atomic E-state index is 0.547. The van der Waals surface area contributed by atoms with Gasteiger partial charge >= 0.3 is 0 Å². The maximum Gasteiger partial charge on any atom is 0.0612 e. The van der Waals surface area contributed by atoms with Gasteiger partial charge in [0.05, 0.1) is 10.0 Å². The lowest BCUT2D eigenvalue weighted by Crippen LogP contribution is -2.22. The zero-order valence-electron chi connectivity index (χ0n) is 9.71. The second-order valence-electron chi connectivity index (χ2n) is 4.15.